The minimum atomic E-state index is -0.202. The second kappa shape index (κ2) is 3.96. The predicted molar refractivity (Wildman–Crippen MR) is 55.6 cm³/mol. The number of nitrogens with one attached hydrogen (secondary N) is 1. The summed E-state index contributed by atoms with van der Waals surface area (Å²) in [5.41, 5.74) is 6.46. The smallest absolute Gasteiger partial charge is 0.146 e. The summed E-state index contributed by atoms with van der Waals surface area (Å²) in [4.78, 5) is 0. The zero-order valence-corrected chi connectivity index (χ0v) is 8.04. The lowest BCUT2D eigenvalue weighted by Crippen LogP contribution is -2.35. The van der Waals surface area contributed by atoms with Crippen molar-refractivity contribution < 1.29 is 4.39 Å². The van der Waals surface area contributed by atoms with E-state index in [0.717, 1.165) is 19.3 Å². The van der Waals surface area contributed by atoms with Crippen LogP contribution in [0.15, 0.2) is 24.3 Å². The van der Waals surface area contributed by atoms with E-state index in [-0.39, 0.29) is 17.9 Å². The van der Waals surface area contributed by atoms with Crippen LogP contribution in [0.2, 0.25) is 0 Å². The van der Waals surface area contributed by atoms with Gasteiger partial charge < -0.3 is 11.1 Å². The molecule has 0 bridgehead atoms. The molecule has 1 aromatic carbocycles. The third kappa shape index (κ3) is 1.87. The molecule has 0 amide bonds. The topological polar surface area (TPSA) is 38.0 Å². The molecule has 0 saturated heterocycles. The van der Waals surface area contributed by atoms with E-state index in [2.05, 4.69) is 5.32 Å². The molecule has 1 aliphatic carbocycles. The first kappa shape index (κ1) is 9.46. The fourth-order valence-corrected chi connectivity index (χ4v) is 1.95. The molecule has 1 aliphatic rings. The molecular formula is C11H15FN2. The first-order chi connectivity index (χ1) is 6.77. The van der Waals surface area contributed by atoms with Crippen LogP contribution in [0, 0.1) is 5.82 Å². The highest BCUT2D eigenvalue weighted by atomic mass is 19.1. The fourth-order valence-electron chi connectivity index (χ4n) is 1.95. The molecule has 0 spiro atoms. The van der Waals surface area contributed by atoms with Crippen LogP contribution in [-0.4, -0.2) is 12.1 Å². The van der Waals surface area contributed by atoms with E-state index in [0.29, 0.717) is 5.69 Å². The minimum absolute atomic E-state index is 0.162. The summed E-state index contributed by atoms with van der Waals surface area (Å²) >= 11 is 0. The maximum atomic E-state index is 13.3. The van der Waals surface area contributed by atoms with Gasteiger partial charge in [-0.15, -0.1) is 0 Å². The predicted octanol–water partition coefficient (Wildman–Crippen LogP) is 2.12. The van der Waals surface area contributed by atoms with Crippen LogP contribution in [-0.2, 0) is 0 Å². The Morgan fingerprint density at radius 1 is 1.29 bits per heavy atom. The molecule has 2 rings (SSSR count). The van der Waals surface area contributed by atoms with E-state index >= 15 is 0 Å². The van der Waals surface area contributed by atoms with Crippen LogP contribution in [0.25, 0.3) is 0 Å². The Labute approximate surface area is 83.3 Å². The van der Waals surface area contributed by atoms with Crippen LogP contribution >= 0.6 is 0 Å². The van der Waals surface area contributed by atoms with Gasteiger partial charge in [-0.2, -0.15) is 0 Å². The molecule has 2 atom stereocenters. The molecule has 76 valence electrons. The van der Waals surface area contributed by atoms with Gasteiger partial charge in [-0.3, -0.25) is 0 Å². The highest BCUT2D eigenvalue weighted by molar-refractivity contribution is 5.45. The number of halogens is 1. The number of nitrogens with two attached hydrogens (primary N) is 1. The van der Waals surface area contributed by atoms with E-state index in [1.54, 1.807) is 12.1 Å². The van der Waals surface area contributed by atoms with Gasteiger partial charge in [-0.25, -0.2) is 4.39 Å². The van der Waals surface area contributed by atoms with Crippen LogP contribution in [0.4, 0.5) is 10.1 Å². The molecule has 0 unspecified atom stereocenters. The van der Waals surface area contributed by atoms with Crippen molar-refractivity contribution in [3.63, 3.8) is 0 Å². The third-order valence-electron chi connectivity index (χ3n) is 2.78. The van der Waals surface area contributed by atoms with Crippen LogP contribution in [0.5, 0.6) is 0 Å². The number of benzene rings is 1. The molecule has 0 aliphatic heterocycles. The van der Waals surface area contributed by atoms with Gasteiger partial charge >= 0.3 is 0 Å². The summed E-state index contributed by atoms with van der Waals surface area (Å²) in [7, 11) is 0. The zero-order valence-electron chi connectivity index (χ0n) is 8.04. The standard InChI is InChI=1S/C11H15FN2/c12-8-4-1-2-6-10(8)14-11-7-3-5-9(11)13/h1-2,4,6,9,11,14H,3,5,7,13H2/t9-,11-/m0/s1. The molecule has 0 heterocycles. The molecule has 3 heteroatoms. The first-order valence-corrected chi connectivity index (χ1v) is 5.04. The number of hydrogen-bond donors (Lipinski definition) is 2. The van der Waals surface area contributed by atoms with Crippen molar-refractivity contribution in [1.82, 2.24) is 0 Å². The number of hydrogen-bond acceptors (Lipinski definition) is 2. The van der Waals surface area contributed by atoms with Gasteiger partial charge in [0.25, 0.3) is 0 Å². The maximum absolute atomic E-state index is 13.3. The third-order valence-corrected chi connectivity index (χ3v) is 2.78. The summed E-state index contributed by atoms with van der Waals surface area (Å²) in [6.45, 7) is 0. The normalized spacial score (nSPS) is 26.4. The van der Waals surface area contributed by atoms with Gasteiger partial charge in [0, 0.05) is 12.1 Å². The SMILES string of the molecule is N[C@H]1CCC[C@@H]1Nc1ccccc1F. The van der Waals surface area contributed by atoms with Crippen LogP contribution in [0.1, 0.15) is 19.3 Å². The minimum Gasteiger partial charge on any atom is -0.378 e. The van der Waals surface area contributed by atoms with E-state index in [4.69, 9.17) is 5.73 Å². The molecular weight excluding hydrogens is 179 g/mol. The monoisotopic (exact) mass is 194 g/mol. The zero-order chi connectivity index (χ0) is 9.97. The van der Waals surface area contributed by atoms with Crippen molar-refractivity contribution in [3.05, 3.63) is 30.1 Å². The van der Waals surface area contributed by atoms with Crippen molar-refractivity contribution >= 4 is 5.69 Å². The average molecular weight is 194 g/mol. The molecule has 2 nitrogen and oxygen atoms in total. The van der Waals surface area contributed by atoms with E-state index in [9.17, 15) is 4.39 Å². The van der Waals surface area contributed by atoms with E-state index < -0.39 is 0 Å². The second-order valence-corrected chi connectivity index (χ2v) is 3.83. The van der Waals surface area contributed by atoms with Crippen LogP contribution in [0.3, 0.4) is 0 Å². The van der Waals surface area contributed by atoms with Crippen molar-refractivity contribution in [2.75, 3.05) is 5.32 Å². The number of rotatable bonds is 2. The maximum Gasteiger partial charge on any atom is 0.146 e. The fraction of sp³-hybridized carbons (Fsp3) is 0.455. The second-order valence-electron chi connectivity index (χ2n) is 3.83. The Hall–Kier alpha value is -1.09. The van der Waals surface area contributed by atoms with Crippen molar-refractivity contribution in [3.8, 4) is 0 Å². The van der Waals surface area contributed by atoms with Gasteiger partial charge in [0.05, 0.1) is 5.69 Å². The number of para-hydroxylation sites is 1. The van der Waals surface area contributed by atoms with Crippen molar-refractivity contribution in [2.45, 2.75) is 31.3 Å². The lowest BCUT2D eigenvalue weighted by Gasteiger charge is -2.18. The number of anilines is 1. The summed E-state index contributed by atoms with van der Waals surface area (Å²) in [6, 6.07) is 7.12. The highest BCUT2D eigenvalue weighted by Crippen LogP contribution is 2.22. The summed E-state index contributed by atoms with van der Waals surface area (Å²) in [5, 5.41) is 3.16. The van der Waals surface area contributed by atoms with Crippen molar-refractivity contribution in [2.24, 2.45) is 5.73 Å². The molecule has 1 aromatic rings. The Bertz CT molecular complexity index is 314. The van der Waals surface area contributed by atoms with Gasteiger partial charge in [0.1, 0.15) is 5.82 Å². The van der Waals surface area contributed by atoms with Gasteiger partial charge in [0.15, 0.2) is 0 Å². The summed E-state index contributed by atoms with van der Waals surface area (Å²) in [6.07, 6.45) is 3.20. The molecule has 1 fully saturated rings. The molecule has 1 saturated carbocycles. The van der Waals surface area contributed by atoms with Gasteiger partial charge in [-0.05, 0) is 31.4 Å². The highest BCUT2D eigenvalue weighted by Gasteiger charge is 2.23. The largest absolute Gasteiger partial charge is 0.378 e. The summed E-state index contributed by atoms with van der Waals surface area (Å²) in [5.74, 6) is -0.202. The Morgan fingerprint density at radius 2 is 2.07 bits per heavy atom. The molecule has 14 heavy (non-hydrogen) atoms. The molecule has 0 radical (unpaired) electrons. The van der Waals surface area contributed by atoms with Gasteiger partial charge in [-0.1, -0.05) is 12.1 Å². The Kier molecular flexibility index (Phi) is 2.68. The summed E-state index contributed by atoms with van der Waals surface area (Å²) < 4.78 is 13.3. The van der Waals surface area contributed by atoms with E-state index in [1.165, 1.54) is 6.07 Å². The molecule has 0 aromatic heterocycles. The lowest BCUT2D eigenvalue weighted by molar-refractivity contribution is 0.607. The van der Waals surface area contributed by atoms with Gasteiger partial charge in [0.2, 0.25) is 0 Å². The lowest BCUT2D eigenvalue weighted by atomic mass is 10.1. The molecule has 3 N–H and O–H groups in total. The Morgan fingerprint density at radius 3 is 2.71 bits per heavy atom. The quantitative estimate of drug-likeness (QED) is 0.756. The van der Waals surface area contributed by atoms with Crippen LogP contribution < -0.4 is 11.1 Å². The van der Waals surface area contributed by atoms with E-state index in [1.807, 2.05) is 6.07 Å². The average Bonchev–Trinajstić information content (AvgIpc) is 2.56. The van der Waals surface area contributed by atoms with Crippen molar-refractivity contribution in [1.29, 1.82) is 0 Å². The first-order valence-electron chi connectivity index (χ1n) is 5.04. The Balaban J connectivity index is 2.07.